The predicted molar refractivity (Wildman–Crippen MR) is 73.4 cm³/mol. The Morgan fingerprint density at radius 1 is 1.00 bits per heavy atom. The number of ketones is 1. The first-order chi connectivity index (χ1) is 9.93. The lowest BCUT2D eigenvalue weighted by Gasteiger charge is -2.08. The first-order valence-electron chi connectivity index (χ1n) is 5.55. The van der Waals surface area contributed by atoms with Gasteiger partial charge in [0.1, 0.15) is 0 Å². The van der Waals surface area contributed by atoms with Crippen LogP contribution < -0.4 is 11.1 Å². The van der Waals surface area contributed by atoms with Crippen LogP contribution >= 0.6 is 0 Å². The second-order valence-electron chi connectivity index (χ2n) is 4.11. The van der Waals surface area contributed by atoms with Crippen molar-refractivity contribution < 1.29 is 35.5 Å². The van der Waals surface area contributed by atoms with E-state index in [4.69, 9.17) is 14.8 Å². The molecule has 1 aromatic rings. The van der Waals surface area contributed by atoms with Crippen molar-refractivity contribution in [2.24, 2.45) is 5.73 Å². The number of rotatable bonds is 6. The van der Waals surface area contributed by atoms with E-state index in [0.29, 0.717) is 6.07 Å². The maximum absolute atomic E-state index is 11.5. The number of anilines is 1. The second-order valence-corrected chi connectivity index (χ2v) is 6.95. The fourth-order valence-corrected chi connectivity index (χ4v) is 2.58. The van der Waals surface area contributed by atoms with Gasteiger partial charge < -0.3 is 11.1 Å². The number of amides is 1. The van der Waals surface area contributed by atoms with Crippen LogP contribution in [0.2, 0.25) is 0 Å². The van der Waals surface area contributed by atoms with Crippen LogP contribution in [-0.4, -0.2) is 44.2 Å². The van der Waals surface area contributed by atoms with Gasteiger partial charge in [-0.2, -0.15) is 16.8 Å². The summed E-state index contributed by atoms with van der Waals surface area (Å²) >= 11 is 0. The molecule has 5 N–H and O–H groups in total. The van der Waals surface area contributed by atoms with Crippen molar-refractivity contribution in [3.05, 3.63) is 18.2 Å². The third-order valence-electron chi connectivity index (χ3n) is 2.34. The number of hydrogen-bond acceptors (Lipinski definition) is 7. The third-order valence-corrected chi connectivity index (χ3v) is 4.01. The van der Waals surface area contributed by atoms with Gasteiger partial charge in [0.15, 0.2) is 5.78 Å². The van der Waals surface area contributed by atoms with E-state index in [1.165, 1.54) is 0 Å². The molecule has 1 aromatic carbocycles. The van der Waals surface area contributed by atoms with Crippen molar-refractivity contribution in [2.75, 3.05) is 11.9 Å². The normalized spacial score (nSPS) is 12.0. The van der Waals surface area contributed by atoms with E-state index in [9.17, 15) is 26.4 Å². The quantitative estimate of drug-likeness (QED) is 0.370. The molecule has 10 nitrogen and oxygen atoms in total. The highest BCUT2D eigenvalue weighted by Gasteiger charge is 2.19. The van der Waals surface area contributed by atoms with Crippen LogP contribution in [0.1, 0.15) is 6.42 Å². The minimum Gasteiger partial charge on any atom is -0.326 e. The van der Waals surface area contributed by atoms with Crippen molar-refractivity contribution in [1.29, 1.82) is 0 Å². The Kier molecular flexibility index (Phi) is 5.37. The van der Waals surface area contributed by atoms with Crippen molar-refractivity contribution in [2.45, 2.75) is 16.2 Å². The summed E-state index contributed by atoms with van der Waals surface area (Å²) < 4.78 is 62.1. The molecule has 0 bridgehead atoms. The van der Waals surface area contributed by atoms with E-state index in [1.807, 2.05) is 0 Å². The minimum atomic E-state index is -4.79. The van der Waals surface area contributed by atoms with Gasteiger partial charge in [0.05, 0.1) is 22.8 Å². The van der Waals surface area contributed by atoms with E-state index in [2.05, 4.69) is 5.32 Å². The lowest BCUT2D eigenvalue weighted by molar-refractivity contribution is -0.124. The van der Waals surface area contributed by atoms with Gasteiger partial charge in [-0.15, -0.1) is 0 Å². The van der Waals surface area contributed by atoms with Gasteiger partial charge in [0, 0.05) is 5.69 Å². The van der Waals surface area contributed by atoms with Crippen LogP contribution in [0, 0.1) is 0 Å². The molecular formula is C10H12N2O8S2. The second kappa shape index (κ2) is 6.50. The summed E-state index contributed by atoms with van der Waals surface area (Å²) in [5.41, 5.74) is 4.67. The fourth-order valence-electron chi connectivity index (χ4n) is 1.40. The Balaban J connectivity index is 3.25. The molecule has 1 amide bonds. The van der Waals surface area contributed by atoms with Crippen molar-refractivity contribution >= 4 is 37.6 Å². The molecule has 0 atom stereocenters. The van der Waals surface area contributed by atoms with E-state index in [-0.39, 0.29) is 12.2 Å². The Morgan fingerprint density at radius 3 is 1.82 bits per heavy atom. The summed E-state index contributed by atoms with van der Waals surface area (Å²) in [5, 5.41) is 2.07. The van der Waals surface area contributed by atoms with Gasteiger partial charge in [-0.25, -0.2) is 0 Å². The summed E-state index contributed by atoms with van der Waals surface area (Å²) in [6, 6.07) is 2.02. The predicted octanol–water partition coefficient (Wildman–Crippen LogP) is -0.964. The maximum Gasteiger partial charge on any atom is 0.294 e. The van der Waals surface area contributed by atoms with Crippen molar-refractivity contribution in [3.8, 4) is 0 Å². The molecule has 0 unspecified atom stereocenters. The topological polar surface area (TPSA) is 181 Å². The number of carbonyl (C=O) groups is 2. The molecule has 0 aromatic heterocycles. The molecule has 0 heterocycles. The average Bonchev–Trinajstić information content (AvgIpc) is 2.35. The van der Waals surface area contributed by atoms with E-state index in [1.54, 1.807) is 0 Å². The van der Waals surface area contributed by atoms with Gasteiger partial charge in [-0.1, -0.05) is 0 Å². The van der Waals surface area contributed by atoms with Crippen LogP contribution in [0.25, 0.3) is 0 Å². The molecule has 0 aliphatic rings. The highest BCUT2D eigenvalue weighted by atomic mass is 32.2. The highest BCUT2D eigenvalue weighted by molar-refractivity contribution is 7.86. The number of carbonyl (C=O) groups excluding carboxylic acids is 2. The first-order valence-corrected chi connectivity index (χ1v) is 8.43. The van der Waals surface area contributed by atoms with Crippen LogP contribution in [0.4, 0.5) is 5.69 Å². The largest absolute Gasteiger partial charge is 0.326 e. The van der Waals surface area contributed by atoms with Crippen molar-refractivity contribution in [1.82, 2.24) is 0 Å². The molecule has 0 spiro atoms. The number of Topliss-reactive ketones (excluding diaryl/α,β-unsaturated/α-hetero) is 1. The van der Waals surface area contributed by atoms with Gasteiger partial charge in [0.25, 0.3) is 20.2 Å². The summed E-state index contributed by atoms with van der Waals surface area (Å²) in [6.45, 7) is -0.380. The molecule has 1 rings (SSSR count). The number of hydrogen-bond donors (Lipinski definition) is 4. The smallest absolute Gasteiger partial charge is 0.294 e. The first kappa shape index (κ1) is 18.2. The Hall–Kier alpha value is -1.86. The number of benzene rings is 1. The number of nitrogens with two attached hydrogens (primary N) is 1. The molecule has 0 saturated heterocycles. The Labute approximate surface area is 125 Å². The lowest BCUT2D eigenvalue weighted by atomic mass is 10.2. The van der Waals surface area contributed by atoms with E-state index in [0.717, 1.165) is 12.1 Å². The number of nitrogens with one attached hydrogen (secondary N) is 1. The monoisotopic (exact) mass is 352 g/mol. The van der Waals surface area contributed by atoms with Gasteiger partial charge in [0.2, 0.25) is 5.91 Å². The molecule has 0 fully saturated rings. The highest BCUT2D eigenvalue weighted by Crippen LogP contribution is 2.22. The lowest BCUT2D eigenvalue weighted by Crippen LogP contribution is -2.22. The molecule has 0 aliphatic heterocycles. The average molecular weight is 352 g/mol. The van der Waals surface area contributed by atoms with Gasteiger partial charge >= 0.3 is 0 Å². The van der Waals surface area contributed by atoms with Crippen LogP contribution in [0.15, 0.2) is 28.0 Å². The molecule has 12 heteroatoms. The summed E-state index contributed by atoms with van der Waals surface area (Å²) in [4.78, 5) is 20.8. The summed E-state index contributed by atoms with van der Waals surface area (Å²) in [6.07, 6.45) is -0.603. The minimum absolute atomic E-state index is 0.349. The van der Waals surface area contributed by atoms with Crippen LogP contribution in [0.5, 0.6) is 0 Å². The summed E-state index contributed by atoms with van der Waals surface area (Å²) in [7, 11) is -9.57. The maximum atomic E-state index is 11.5. The molecular weight excluding hydrogens is 340 g/mol. The molecule has 22 heavy (non-hydrogen) atoms. The van der Waals surface area contributed by atoms with Crippen molar-refractivity contribution in [3.63, 3.8) is 0 Å². The zero-order valence-electron chi connectivity index (χ0n) is 10.9. The Bertz CT molecular complexity index is 763. The molecule has 0 radical (unpaired) electrons. The molecule has 0 saturated carbocycles. The van der Waals surface area contributed by atoms with E-state index >= 15 is 0 Å². The third kappa shape index (κ3) is 5.16. The van der Waals surface area contributed by atoms with Gasteiger partial charge in [-0.05, 0) is 18.2 Å². The van der Waals surface area contributed by atoms with Gasteiger partial charge in [-0.3, -0.25) is 18.7 Å². The van der Waals surface area contributed by atoms with Crippen LogP contribution in [-0.2, 0) is 29.8 Å². The SMILES string of the molecule is NCC(=O)CC(=O)Nc1cc(S(=O)(=O)O)cc(S(=O)(=O)O)c1. The molecule has 122 valence electrons. The zero-order chi connectivity index (χ0) is 17.1. The van der Waals surface area contributed by atoms with E-state index < -0.39 is 48.1 Å². The standard InChI is InChI=1S/C10H12N2O8S2/c11-5-7(13)3-10(14)12-6-1-8(21(15,16)17)4-9(2-6)22(18,19)20/h1-2,4H,3,5,11H2,(H,12,14)(H,15,16,17)(H,18,19,20). The van der Waals surface area contributed by atoms with Crippen LogP contribution in [0.3, 0.4) is 0 Å². The zero-order valence-corrected chi connectivity index (χ0v) is 12.5. The summed E-state index contributed by atoms with van der Waals surface area (Å²) in [5.74, 6) is -1.47. The fraction of sp³-hybridized carbons (Fsp3) is 0.200. The Morgan fingerprint density at radius 2 is 1.45 bits per heavy atom. The molecule has 0 aliphatic carbocycles.